The molecular formula is C16H29N3. The molecule has 0 unspecified atom stereocenters. The van der Waals surface area contributed by atoms with Gasteiger partial charge in [-0.2, -0.15) is 0 Å². The lowest BCUT2D eigenvalue weighted by Crippen LogP contribution is -2.37. The lowest BCUT2D eigenvalue weighted by molar-refractivity contribution is 0.507. The number of nitrogens with zero attached hydrogens (tertiary/aromatic N) is 2. The zero-order chi connectivity index (χ0) is 14.4. The molecule has 3 nitrogen and oxygen atoms in total. The number of hydrogen-bond donors (Lipinski definition) is 1. The Balaban J connectivity index is 2.96. The summed E-state index contributed by atoms with van der Waals surface area (Å²) in [6, 6.07) is 4.80. The Morgan fingerprint density at radius 2 is 1.79 bits per heavy atom. The highest BCUT2D eigenvalue weighted by Gasteiger charge is 2.17. The molecule has 0 aliphatic rings. The summed E-state index contributed by atoms with van der Waals surface area (Å²) in [6.07, 6.45) is 4.30. The van der Waals surface area contributed by atoms with Gasteiger partial charge in [0.15, 0.2) is 0 Å². The Morgan fingerprint density at radius 3 is 2.16 bits per heavy atom. The van der Waals surface area contributed by atoms with E-state index < -0.39 is 0 Å². The van der Waals surface area contributed by atoms with Gasteiger partial charge in [0.05, 0.1) is 17.6 Å². The van der Waals surface area contributed by atoms with Gasteiger partial charge in [0, 0.05) is 18.6 Å². The van der Waals surface area contributed by atoms with Crippen molar-refractivity contribution in [3.05, 3.63) is 24.0 Å². The van der Waals surface area contributed by atoms with Crippen molar-refractivity contribution in [1.82, 2.24) is 4.98 Å². The van der Waals surface area contributed by atoms with Gasteiger partial charge in [-0.1, -0.05) is 27.7 Å². The molecule has 0 radical (unpaired) electrons. The summed E-state index contributed by atoms with van der Waals surface area (Å²) in [6.45, 7) is 12.1. The van der Waals surface area contributed by atoms with E-state index in [1.165, 1.54) is 5.69 Å². The van der Waals surface area contributed by atoms with Gasteiger partial charge in [0.2, 0.25) is 0 Å². The predicted octanol–water partition coefficient (Wildman–Crippen LogP) is 3.75. The number of hydrogen-bond acceptors (Lipinski definition) is 3. The van der Waals surface area contributed by atoms with Gasteiger partial charge in [0.1, 0.15) is 0 Å². The molecule has 1 atom stereocenters. The van der Waals surface area contributed by atoms with Gasteiger partial charge >= 0.3 is 0 Å². The molecule has 0 spiro atoms. The third-order valence-corrected chi connectivity index (χ3v) is 3.51. The standard InChI is InChI=1S/C16H29N3/c1-6-14(7-2)19(11-12(3)4)15-8-9-16(13(5)17)18-10-15/h8-10,12-14H,6-7,11,17H2,1-5H3/t13-/m1/s1. The quantitative estimate of drug-likeness (QED) is 0.814. The highest BCUT2D eigenvalue weighted by molar-refractivity contribution is 5.46. The van der Waals surface area contributed by atoms with Crippen LogP contribution in [0.5, 0.6) is 0 Å². The summed E-state index contributed by atoms with van der Waals surface area (Å²) in [5, 5.41) is 0. The fourth-order valence-electron chi connectivity index (χ4n) is 2.42. The number of nitrogens with two attached hydrogens (primary N) is 1. The number of aromatic nitrogens is 1. The Labute approximate surface area is 118 Å². The first-order valence-corrected chi connectivity index (χ1v) is 7.47. The topological polar surface area (TPSA) is 42.1 Å². The van der Waals surface area contributed by atoms with Crippen LogP contribution in [0, 0.1) is 5.92 Å². The van der Waals surface area contributed by atoms with Gasteiger partial charge in [-0.25, -0.2) is 0 Å². The molecule has 0 aliphatic carbocycles. The monoisotopic (exact) mass is 263 g/mol. The molecule has 1 aromatic heterocycles. The van der Waals surface area contributed by atoms with E-state index in [0.717, 1.165) is 25.1 Å². The summed E-state index contributed by atoms with van der Waals surface area (Å²) in [7, 11) is 0. The molecule has 1 rings (SSSR count). The van der Waals surface area contributed by atoms with Crippen LogP contribution >= 0.6 is 0 Å². The average molecular weight is 263 g/mol. The van der Waals surface area contributed by atoms with E-state index in [1.54, 1.807) is 0 Å². The number of anilines is 1. The molecule has 0 fully saturated rings. The second-order valence-corrected chi connectivity index (χ2v) is 5.75. The summed E-state index contributed by atoms with van der Waals surface area (Å²) in [5.41, 5.74) is 8.03. The van der Waals surface area contributed by atoms with Crippen LogP contribution in [0.1, 0.15) is 59.2 Å². The first-order valence-electron chi connectivity index (χ1n) is 7.47. The molecule has 1 aromatic rings. The smallest absolute Gasteiger partial charge is 0.0569 e. The van der Waals surface area contributed by atoms with Crippen LogP contribution in [0.4, 0.5) is 5.69 Å². The van der Waals surface area contributed by atoms with Crippen molar-refractivity contribution in [2.45, 2.75) is 59.5 Å². The largest absolute Gasteiger partial charge is 0.367 e. The molecule has 19 heavy (non-hydrogen) atoms. The average Bonchev–Trinajstić information content (AvgIpc) is 2.38. The van der Waals surface area contributed by atoms with E-state index >= 15 is 0 Å². The van der Waals surface area contributed by atoms with Crippen LogP contribution in [-0.4, -0.2) is 17.6 Å². The van der Waals surface area contributed by atoms with Crippen molar-refractivity contribution < 1.29 is 0 Å². The molecule has 0 saturated carbocycles. The van der Waals surface area contributed by atoms with Gasteiger partial charge in [-0.15, -0.1) is 0 Å². The lowest BCUT2D eigenvalue weighted by atomic mass is 10.1. The van der Waals surface area contributed by atoms with Crippen molar-refractivity contribution >= 4 is 5.69 Å². The van der Waals surface area contributed by atoms with E-state index in [2.05, 4.69) is 49.7 Å². The van der Waals surface area contributed by atoms with Crippen molar-refractivity contribution in [2.24, 2.45) is 11.7 Å². The maximum absolute atomic E-state index is 5.86. The van der Waals surface area contributed by atoms with Crippen molar-refractivity contribution in [3.63, 3.8) is 0 Å². The second-order valence-electron chi connectivity index (χ2n) is 5.75. The third-order valence-electron chi connectivity index (χ3n) is 3.51. The second kappa shape index (κ2) is 7.49. The highest BCUT2D eigenvalue weighted by Crippen LogP contribution is 2.22. The summed E-state index contributed by atoms with van der Waals surface area (Å²) >= 11 is 0. The van der Waals surface area contributed by atoms with Gasteiger partial charge < -0.3 is 10.6 Å². The molecule has 3 heteroatoms. The van der Waals surface area contributed by atoms with E-state index in [0.29, 0.717) is 12.0 Å². The fourth-order valence-corrected chi connectivity index (χ4v) is 2.42. The Hall–Kier alpha value is -1.09. The highest BCUT2D eigenvalue weighted by atomic mass is 15.2. The van der Waals surface area contributed by atoms with Gasteiger partial charge in [-0.05, 0) is 37.8 Å². The molecular weight excluding hydrogens is 234 g/mol. The van der Waals surface area contributed by atoms with E-state index in [9.17, 15) is 0 Å². The normalized spacial score (nSPS) is 13.1. The predicted molar refractivity (Wildman–Crippen MR) is 83.4 cm³/mol. The minimum atomic E-state index is 0.000691. The zero-order valence-electron chi connectivity index (χ0n) is 13.1. The third kappa shape index (κ3) is 4.50. The van der Waals surface area contributed by atoms with Crippen LogP contribution in [0.25, 0.3) is 0 Å². The fraction of sp³-hybridized carbons (Fsp3) is 0.688. The molecule has 0 saturated heterocycles. The number of pyridine rings is 1. The summed E-state index contributed by atoms with van der Waals surface area (Å²) < 4.78 is 0. The SMILES string of the molecule is CCC(CC)N(CC(C)C)c1ccc([C@@H](C)N)nc1. The molecule has 0 amide bonds. The molecule has 0 aliphatic heterocycles. The Kier molecular flexibility index (Phi) is 6.29. The maximum Gasteiger partial charge on any atom is 0.0569 e. The van der Waals surface area contributed by atoms with Crippen LogP contribution in [0.3, 0.4) is 0 Å². The van der Waals surface area contributed by atoms with Gasteiger partial charge in [-0.3, -0.25) is 4.98 Å². The van der Waals surface area contributed by atoms with E-state index in [4.69, 9.17) is 5.73 Å². The van der Waals surface area contributed by atoms with Crippen molar-refractivity contribution in [2.75, 3.05) is 11.4 Å². The van der Waals surface area contributed by atoms with Crippen LogP contribution in [0.15, 0.2) is 18.3 Å². The molecule has 0 aromatic carbocycles. The molecule has 1 heterocycles. The first-order chi connectivity index (χ1) is 8.99. The zero-order valence-corrected chi connectivity index (χ0v) is 13.1. The summed E-state index contributed by atoms with van der Waals surface area (Å²) in [5.74, 6) is 0.647. The van der Waals surface area contributed by atoms with Crippen molar-refractivity contribution in [3.8, 4) is 0 Å². The lowest BCUT2D eigenvalue weighted by Gasteiger charge is -2.34. The molecule has 108 valence electrons. The molecule has 2 N–H and O–H groups in total. The summed E-state index contributed by atoms with van der Waals surface area (Å²) in [4.78, 5) is 6.98. The number of rotatable bonds is 7. The Bertz CT molecular complexity index is 353. The van der Waals surface area contributed by atoms with Crippen molar-refractivity contribution in [1.29, 1.82) is 0 Å². The van der Waals surface area contributed by atoms with Crippen LogP contribution < -0.4 is 10.6 Å². The maximum atomic E-state index is 5.86. The Morgan fingerprint density at radius 1 is 1.16 bits per heavy atom. The van der Waals surface area contributed by atoms with Gasteiger partial charge in [0.25, 0.3) is 0 Å². The van der Waals surface area contributed by atoms with Crippen LogP contribution in [-0.2, 0) is 0 Å². The molecule has 0 bridgehead atoms. The van der Waals surface area contributed by atoms with Crippen LogP contribution in [0.2, 0.25) is 0 Å². The van der Waals surface area contributed by atoms with E-state index in [1.807, 2.05) is 13.1 Å². The minimum Gasteiger partial charge on any atom is -0.367 e. The first kappa shape index (κ1) is 16.0. The van der Waals surface area contributed by atoms with E-state index in [-0.39, 0.29) is 6.04 Å². The minimum absolute atomic E-state index is 0.000691.